The summed E-state index contributed by atoms with van der Waals surface area (Å²) >= 11 is 5.65. The molecule has 1 aromatic heterocycles. The highest BCUT2D eigenvalue weighted by molar-refractivity contribution is 6.29. The van der Waals surface area contributed by atoms with Crippen LogP contribution >= 0.6 is 11.6 Å². The number of aromatic nitrogens is 1. The zero-order valence-electron chi connectivity index (χ0n) is 9.97. The predicted octanol–water partition coefficient (Wildman–Crippen LogP) is 3.99. The fourth-order valence-electron chi connectivity index (χ4n) is 2.00. The molecule has 0 amide bonds. The summed E-state index contributed by atoms with van der Waals surface area (Å²) in [5.41, 5.74) is -0.752. The number of alkyl halides is 3. The van der Waals surface area contributed by atoms with Gasteiger partial charge in [0.15, 0.2) is 0 Å². The Hall–Kier alpha value is -0.970. The zero-order chi connectivity index (χ0) is 13.3. The van der Waals surface area contributed by atoms with Crippen LogP contribution in [0.5, 0.6) is 0 Å². The first kappa shape index (κ1) is 13.5. The maximum Gasteiger partial charge on any atom is 0.416 e. The smallest absolute Gasteiger partial charge is 0.359 e. The van der Waals surface area contributed by atoms with Gasteiger partial charge in [0.25, 0.3) is 0 Å². The van der Waals surface area contributed by atoms with Crippen molar-refractivity contribution in [2.75, 3.05) is 18.5 Å². The van der Waals surface area contributed by atoms with Crippen LogP contribution < -0.4 is 4.90 Å². The Morgan fingerprint density at radius 2 is 2.06 bits per heavy atom. The topological polar surface area (TPSA) is 16.1 Å². The van der Waals surface area contributed by atoms with Crippen LogP contribution in [0.15, 0.2) is 12.1 Å². The third-order valence-corrected chi connectivity index (χ3v) is 3.45. The van der Waals surface area contributed by atoms with E-state index in [0.717, 1.165) is 31.5 Å². The van der Waals surface area contributed by atoms with Gasteiger partial charge in [-0.3, -0.25) is 0 Å². The SMILES string of the molecule is CN(CC1CCC1)c1cc(C(F)(F)F)cc(Cl)n1. The maximum atomic E-state index is 12.6. The van der Waals surface area contributed by atoms with E-state index < -0.39 is 11.7 Å². The molecular formula is C12H14ClF3N2. The number of pyridine rings is 1. The van der Waals surface area contributed by atoms with Gasteiger partial charge in [0.05, 0.1) is 5.56 Å². The third-order valence-electron chi connectivity index (χ3n) is 3.26. The Bertz CT molecular complexity index is 430. The van der Waals surface area contributed by atoms with Crippen molar-refractivity contribution >= 4 is 17.4 Å². The molecule has 0 atom stereocenters. The van der Waals surface area contributed by atoms with Crippen LogP contribution in [0.1, 0.15) is 24.8 Å². The lowest BCUT2D eigenvalue weighted by atomic mass is 9.85. The molecule has 6 heteroatoms. The highest BCUT2D eigenvalue weighted by atomic mass is 35.5. The minimum Gasteiger partial charge on any atom is -0.359 e. The van der Waals surface area contributed by atoms with Crippen molar-refractivity contribution < 1.29 is 13.2 Å². The van der Waals surface area contributed by atoms with Gasteiger partial charge in [0.1, 0.15) is 11.0 Å². The van der Waals surface area contributed by atoms with E-state index in [1.165, 1.54) is 6.42 Å². The maximum absolute atomic E-state index is 12.6. The molecule has 0 radical (unpaired) electrons. The monoisotopic (exact) mass is 278 g/mol. The molecule has 0 saturated heterocycles. The molecule has 2 nitrogen and oxygen atoms in total. The lowest BCUT2D eigenvalue weighted by Gasteiger charge is -2.31. The zero-order valence-corrected chi connectivity index (χ0v) is 10.7. The number of rotatable bonds is 3. The summed E-state index contributed by atoms with van der Waals surface area (Å²) in [7, 11) is 1.75. The summed E-state index contributed by atoms with van der Waals surface area (Å²) in [6.45, 7) is 0.727. The number of nitrogens with zero attached hydrogens (tertiary/aromatic N) is 2. The second-order valence-corrected chi connectivity index (χ2v) is 5.10. The minimum absolute atomic E-state index is 0.125. The Morgan fingerprint density at radius 1 is 1.39 bits per heavy atom. The van der Waals surface area contributed by atoms with Crippen molar-refractivity contribution in [1.82, 2.24) is 4.98 Å². The minimum atomic E-state index is -4.39. The van der Waals surface area contributed by atoms with Gasteiger partial charge >= 0.3 is 6.18 Å². The first-order chi connectivity index (χ1) is 8.36. The molecule has 0 bridgehead atoms. The van der Waals surface area contributed by atoms with E-state index in [9.17, 15) is 13.2 Å². The molecule has 1 aliphatic rings. The van der Waals surface area contributed by atoms with E-state index in [-0.39, 0.29) is 11.0 Å². The fourth-order valence-corrected chi connectivity index (χ4v) is 2.20. The van der Waals surface area contributed by atoms with Crippen molar-refractivity contribution in [3.05, 3.63) is 22.8 Å². The highest BCUT2D eigenvalue weighted by Gasteiger charge is 2.32. The van der Waals surface area contributed by atoms with Crippen molar-refractivity contribution in [3.63, 3.8) is 0 Å². The van der Waals surface area contributed by atoms with E-state index in [0.29, 0.717) is 5.92 Å². The van der Waals surface area contributed by atoms with Crippen LogP contribution in [0.3, 0.4) is 0 Å². The molecule has 2 rings (SSSR count). The van der Waals surface area contributed by atoms with E-state index in [1.807, 2.05) is 0 Å². The van der Waals surface area contributed by atoms with E-state index in [2.05, 4.69) is 4.98 Å². The highest BCUT2D eigenvalue weighted by Crippen LogP contribution is 2.33. The summed E-state index contributed by atoms with van der Waals surface area (Å²) in [5.74, 6) is 0.840. The average Bonchev–Trinajstić information content (AvgIpc) is 2.21. The molecule has 0 spiro atoms. The van der Waals surface area contributed by atoms with Crippen LogP contribution in [0.4, 0.5) is 19.0 Å². The normalized spacial score (nSPS) is 16.5. The van der Waals surface area contributed by atoms with Gasteiger partial charge in [0.2, 0.25) is 0 Å². The summed E-state index contributed by atoms with van der Waals surface area (Å²) < 4.78 is 37.9. The van der Waals surface area contributed by atoms with Gasteiger partial charge in [-0.15, -0.1) is 0 Å². The van der Waals surface area contributed by atoms with Crippen molar-refractivity contribution in [3.8, 4) is 0 Å². The van der Waals surface area contributed by atoms with Crippen LogP contribution in [0, 0.1) is 5.92 Å². The Balaban J connectivity index is 2.18. The fraction of sp³-hybridized carbons (Fsp3) is 0.583. The molecule has 100 valence electrons. The molecule has 0 aliphatic heterocycles. The second kappa shape index (κ2) is 4.96. The van der Waals surface area contributed by atoms with Crippen molar-refractivity contribution in [2.24, 2.45) is 5.92 Å². The van der Waals surface area contributed by atoms with E-state index in [4.69, 9.17) is 11.6 Å². The van der Waals surface area contributed by atoms with Gasteiger partial charge < -0.3 is 4.90 Å². The molecule has 1 saturated carbocycles. The largest absolute Gasteiger partial charge is 0.416 e. The van der Waals surface area contributed by atoms with Gasteiger partial charge in [-0.25, -0.2) is 4.98 Å². The number of halogens is 4. The predicted molar refractivity (Wildman–Crippen MR) is 64.9 cm³/mol. The third kappa shape index (κ3) is 3.07. The molecule has 0 unspecified atom stereocenters. The quantitative estimate of drug-likeness (QED) is 0.777. The molecule has 18 heavy (non-hydrogen) atoms. The first-order valence-corrected chi connectivity index (χ1v) is 6.20. The van der Waals surface area contributed by atoms with Crippen LogP contribution in [-0.2, 0) is 6.18 Å². The van der Waals surface area contributed by atoms with Gasteiger partial charge in [-0.1, -0.05) is 18.0 Å². The standard InChI is InChI=1S/C12H14ClF3N2/c1-18(7-8-3-2-4-8)11-6-9(12(14,15)16)5-10(13)17-11/h5-6,8H,2-4,7H2,1H3. The second-order valence-electron chi connectivity index (χ2n) is 4.71. The molecule has 1 fully saturated rings. The summed E-state index contributed by atoms with van der Waals surface area (Å²) in [6.07, 6.45) is -0.915. The van der Waals surface area contributed by atoms with Gasteiger partial charge in [-0.05, 0) is 30.9 Å². The Kier molecular flexibility index (Phi) is 3.71. The van der Waals surface area contributed by atoms with Gasteiger partial charge in [-0.2, -0.15) is 13.2 Å². The van der Waals surface area contributed by atoms with E-state index in [1.54, 1.807) is 11.9 Å². The summed E-state index contributed by atoms with van der Waals surface area (Å²) in [6, 6.07) is 1.90. The van der Waals surface area contributed by atoms with Crippen LogP contribution in [-0.4, -0.2) is 18.6 Å². The number of anilines is 1. The van der Waals surface area contributed by atoms with Gasteiger partial charge in [0, 0.05) is 13.6 Å². The molecule has 1 aromatic rings. The molecule has 0 aromatic carbocycles. The van der Waals surface area contributed by atoms with Crippen LogP contribution in [0.2, 0.25) is 5.15 Å². The lowest BCUT2D eigenvalue weighted by Crippen LogP contribution is -2.30. The summed E-state index contributed by atoms with van der Waals surface area (Å²) in [5, 5.41) is -0.125. The lowest BCUT2D eigenvalue weighted by molar-refractivity contribution is -0.137. The number of hydrogen-bond acceptors (Lipinski definition) is 2. The Morgan fingerprint density at radius 3 is 2.56 bits per heavy atom. The van der Waals surface area contributed by atoms with Crippen molar-refractivity contribution in [2.45, 2.75) is 25.4 Å². The van der Waals surface area contributed by atoms with Crippen LogP contribution in [0.25, 0.3) is 0 Å². The number of hydrogen-bond donors (Lipinski definition) is 0. The molecule has 1 heterocycles. The average molecular weight is 279 g/mol. The summed E-state index contributed by atoms with van der Waals surface area (Å²) in [4.78, 5) is 5.69. The first-order valence-electron chi connectivity index (χ1n) is 5.82. The van der Waals surface area contributed by atoms with Crippen molar-refractivity contribution in [1.29, 1.82) is 0 Å². The molecule has 1 aliphatic carbocycles. The van der Waals surface area contributed by atoms with E-state index >= 15 is 0 Å². The Labute approximate surface area is 109 Å². The molecule has 0 N–H and O–H groups in total. The molecular weight excluding hydrogens is 265 g/mol.